The van der Waals surface area contributed by atoms with Crippen molar-refractivity contribution < 1.29 is 5.11 Å². The molecule has 2 nitrogen and oxygen atoms in total. The lowest BCUT2D eigenvalue weighted by atomic mass is 9.84. The van der Waals surface area contributed by atoms with E-state index in [0.717, 1.165) is 23.8 Å². The molecular formula is C27H31NO. The second-order valence-electron chi connectivity index (χ2n) is 8.16. The van der Waals surface area contributed by atoms with Crippen molar-refractivity contribution in [3.63, 3.8) is 0 Å². The van der Waals surface area contributed by atoms with Gasteiger partial charge >= 0.3 is 0 Å². The smallest absolute Gasteiger partial charge is 0.121 e. The van der Waals surface area contributed by atoms with Gasteiger partial charge in [-0.1, -0.05) is 86.5 Å². The number of rotatable bonds is 6. The quantitative estimate of drug-likeness (QED) is 0.469. The van der Waals surface area contributed by atoms with Gasteiger partial charge in [0.1, 0.15) is 5.75 Å². The molecule has 4 rings (SSSR count). The highest BCUT2D eigenvalue weighted by Crippen LogP contribution is 2.44. The molecule has 0 amide bonds. The molecule has 0 spiro atoms. The average Bonchev–Trinajstić information content (AvgIpc) is 2.77. The predicted molar refractivity (Wildman–Crippen MR) is 122 cm³/mol. The first-order valence-corrected chi connectivity index (χ1v) is 10.9. The van der Waals surface area contributed by atoms with Crippen LogP contribution in [-0.4, -0.2) is 22.1 Å². The Morgan fingerprint density at radius 2 is 1.79 bits per heavy atom. The maximum atomic E-state index is 11.1. The lowest BCUT2D eigenvalue weighted by Gasteiger charge is -2.46. The zero-order chi connectivity index (χ0) is 20.2. The summed E-state index contributed by atoms with van der Waals surface area (Å²) in [7, 11) is 0. The first-order valence-electron chi connectivity index (χ1n) is 10.9. The topological polar surface area (TPSA) is 23.5 Å². The molecule has 1 N–H and O–H groups in total. The number of hydrogen-bond acceptors (Lipinski definition) is 2. The first-order chi connectivity index (χ1) is 14.2. The van der Waals surface area contributed by atoms with Gasteiger partial charge in [0.05, 0.1) is 6.04 Å². The molecular weight excluding hydrogens is 354 g/mol. The molecule has 3 aromatic carbocycles. The van der Waals surface area contributed by atoms with Gasteiger partial charge in [0.25, 0.3) is 0 Å². The minimum absolute atomic E-state index is 0.00199. The van der Waals surface area contributed by atoms with E-state index in [2.05, 4.69) is 79.1 Å². The summed E-state index contributed by atoms with van der Waals surface area (Å²) < 4.78 is 0. The number of phenols is 1. The first kappa shape index (κ1) is 19.7. The van der Waals surface area contributed by atoms with Crippen molar-refractivity contribution in [2.24, 2.45) is 0 Å². The van der Waals surface area contributed by atoms with Crippen LogP contribution in [0.1, 0.15) is 56.2 Å². The Morgan fingerprint density at radius 3 is 2.55 bits per heavy atom. The molecule has 0 radical (unpaired) electrons. The third-order valence-electron chi connectivity index (χ3n) is 6.37. The number of phenolic OH excluding ortho intramolecular Hbond substituents is 1. The van der Waals surface area contributed by atoms with Gasteiger partial charge in [0.2, 0.25) is 0 Å². The summed E-state index contributed by atoms with van der Waals surface area (Å²) in [6.07, 6.45) is 8.00. The molecule has 0 bridgehead atoms. The SMILES string of the molecule is C=C[C@H]1CCC[C@@H](CCC)N1[C@@H](c1ccccc1)c1c(O)ccc2ccccc12. The molecule has 0 aromatic heterocycles. The fraction of sp³-hybridized carbons (Fsp3) is 0.333. The average molecular weight is 386 g/mol. The van der Waals surface area contributed by atoms with Crippen LogP contribution < -0.4 is 0 Å². The lowest BCUT2D eigenvalue weighted by molar-refractivity contribution is 0.0695. The highest BCUT2D eigenvalue weighted by atomic mass is 16.3. The van der Waals surface area contributed by atoms with Gasteiger partial charge in [0, 0.05) is 17.6 Å². The molecule has 1 aliphatic rings. The Labute approximate surface area is 174 Å². The molecule has 1 aliphatic heterocycles. The molecule has 0 aliphatic carbocycles. The predicted octanol–water partition coefficient (Wildman–Crippen LogP) is 6.84. The van der Waals surface area contributed by atoms with Gasteiger partial charge in [-0.3, -0.25) is 4.90 Å². The van der Waals surface area contributed by atoms with Crippen LogP contribution in [-0.2, 0) is 0 Å². The molecule has 150 valence electrons. The Morgan fingerprint density at radius 1 is 1.03 bits per heavy atom. The lowest BCUT2D eigenvalue weighted by Crippen LogP contribution is -2.48. The van der Waals surface area contributed by atoms with Crippen molar-refractivity contribution in [2.75, 3.05) is 0 Å². The van der Waals surface area contributed by atoms with Gasteiger partial charge in [-0.25, -0.2) is 0 Å². The summed E-state index contributed by atoms with van der Waals surface area (Å²) in [5, 5.41) is 13.4. The fourth-order valence-electron chi connectivity index (χ4n) is 5.09. The van der Waals surface area contributed by atoms with Crippen molar-refractivity contribution in [3.05, 3.63) is 90.5 Å². The molecule has 0 unspecified atom stereocenters. The summed E-state index contributed by atoms with van der Waals surface area (Å²) in [6, 6.07) is 23.7. The standard InChI is InChI=1S/C27H31NO/c1-3-11-23-16-10-15-22(4-2)28(23)27(21-13-6-5-7-14-21)26-24-17-9-8-12-20(24)18-19-25(26)29/h4-9,12-14,17-19,22-23,27,29H,2-3,10-11,15-16H2,1H3/t22-,23+,27-/m0/s1. The normalized spacial score (nSPS) is 21.1. The molecule has 1 saturated heterocycles. The van der Waals surface area contributed by atoms with E-state index in [0.29, 0.717) is 17.8 Å². The molecule has 1 fully saturated rings. The van der Waals surface area contributed by atoms with Crippen LogP contribution in [0.25, 0.3) is 10.8 Å². The zero-order valence-electron chi connectivity index (χ0n) is 17.3. The number of benzene rings is 3. The number of hydrogen-bond donors (Lipinski definition) is 1. The highest BCUT2D eigenvalue weighted by molar-refractivity contribution is 5.88. The molecule has 1 heterocycles. The minimum Gasteiger partial charge on any atom is -0.508 e. The Hall–Kier alpha value is -2.58. The van der Waals surface area contributed by atoms with Crippen molar-refractivity contribution in [1.82, 2.24) is 4.90 Å². The molecule has 29 heavy (non-hydrogen) atoms. The van der Waals surface area contributed by atoms with Crippen LogP contribution in [0.3, 0.4) is 0 Å². The van der Waals surface area contributed by atoms with Gasteiger partial charge in [-0.15, -0.1) is 6.58 Å². The molecule has 0 saturated carbocycles. The summed E-state index contributed by atoms with van der Waals surface area (Å²) in [5.74, 6) is 0.376. The Balaban J connectivity index is 1.96. The number of aromatic hydroxyl groups is 1. The van der Waals surface area contributed by atoms with Crippen molar-refractivity contribution in [2.45, 2.75) is 57.2 Å². The fourth-order valence-corrected chi connectivity index (χ4v) is 5.09. The molecule has 2 heteroatoms. The summed E-state index contributed by atoms with van der Waals surface area (Å²) >= 11 is 0. The summed E-state index contributed by atoms with van der Waals surface area (Å²) in [6.45, 7) is 6.45. The Kier molecular flexibility index (Phi) is 6.01. The van der Waals surface area contributed by atoms with E-state index in [-0.39, 0.29) is 6.04 Å². The molecule has 3 aromatic rings. The van der Waals surface area contributed by atoms with Crippen LogP contribution in [0.5, 0.6) is 5.75 Å². The second kappa shape index (κ2) is 8.84. The zero-order valence-corrected chi connectivity index (χ0v) is 17.3. The maximum Gasteiger partial charge on any atom is 0.121 e. The van der Waals surface area contributed by atoms with E-state index in [4.69, 9.17) is 0 Å². The van der Waals surface area contributed by atoms with Crippen molar-refractivity contribution in [1.29, 1.82) is 0 Å². The summed E-state index contributed by atoms with van der Waals surface area (Å²) in [5.41, 5.74) is 2.25. The van der Waals surface area contributed by atoms with E-state index in [1.807, 2.05) is 12.1 Å². The van der Waals surface area contributed by atoms with Gasteiger partial charge < -0.3 is 5.11 Å². The maximum absolute atomic E-state index is 11.1. The van der Waals surface area contributed by atoms with E-state index in [1.165, 1.54) is 30.2 Å². The van der Waals surface area contributed by atoms with Crippen molar-refractivity contribution in [3.8, 4) is 5.75 Å². The largest absolute Gasteiger partial charge is 0.508 e. The summed E-state index contributed by atoms with van der Waals surface area (Å²) in [4.78, 5) is 2.64. The second-order valence-corrected chi connectivity index (χ2v) is 8.16. The minimum atomic E-state index is 0.00199. The van der Waals surface area contributed by atoms with E-state index < -0.39 is 0 Å². The highest BCUT2D eigenvalue weighted by Gasteiger charge is 2.37. The Bertz CT molecular complexity index is 963. The van der Waals surface area contributed by atoms with Gasteiger partial charge in [0.15, 0.2) is 0 Å². The van der Waals surface area contributed by atoms with Gasteiger partial charge in [-0.05, 0) is 41.7 Å². The van der Waals surface area contributed by atoms with Crippen LogP contribution in [0.2, 0.25) is 0 Å². The van der Waals surface area contributed by atoms with E-state index in [1.54, 1.807) is 0 Å². The van der Waals surface area contributed by atoms with Crippen LogP contribution >= 0.6 is 0 Å². The van der Waals surface area contributed by atoms with Crippen LogP contribution in [0.4, 0.5) is 0 Å². The number of nitrogens with zero attached hydrogens (tertiary/aromatic N) is 1. The molecule has 3 atom stereocenters. The monoisotopic (exact) mass is 385 g/mol. The third-order valence-corrected chi connectivity index (χ3v) is 6.37. The van der Waals surface area contributed by atoms with Crippen LogP contribution in [0.15, 0.2) is 79.4 Å². The van der Waals surface area contributed by atoms with Crippen molar-refractivity contribution >= 4 is 10.8 Å². The van der Waals surface area contributed by atoms with Crippen LogP contribution in [0, 0.1) is 0 Å². The number of likely N-dealkylation sites (tertiary alicyclic amines) is 1. The van der Waals surface area contributed by atoms with E-state index in [9.17, 15) is 5.11 Å². The van der Waals surface area contributed by atoms with E-state index >= 15 is 0 Å². The third kappa shape index (κ3) is 3.82. The number of piperidine rings is 1. The number of fused-ring (bicyclic) bond motifs is 1. The van der Waals surface area contributed by atoms with Gasteiger partial charge in [-0.2, -0.15) is 0 Å².